The van der Waals surface area contributed by atoms with Crippen molar-refractivity contribution in [2.24, 2.45) is 7.05 Å². The molecule has 136 valence electrons. The smallest absolute Gasteiger partial charge is 0.319 e. The Morgan fingerprint density at radius 2 is 2.20 bits per heavy atom. The number of ether oxygens (including phenoxy) is 1. The van der Waals surface area contributed by atoms with Crippen molar-refractivity contribution in [2.75, 3.05) is 37.8 Å². The van der Waals surface area contributed by atoms with Gasteiger partial charge in [0.1, 0.15) is 11.0 Å². The molecule has 2 heterocycles. The van der Waals surface area contributed by atoms with Gasteiger partial charge in [-0.1, -0.05) is 6.07 Å². The molecule has 1 atom stereocenters. The number of fused-ring (bicyclic) bond motifs is 1. The molecule has 1 aromatic heterocycles. The van der Waals surface area contributed by atoms with Gasteiger partial charge in [-0.2, -0.15) is 19.3 Å². The number of sulfonamides is 1. The van der Waals surface area contributed by atoms with E-state index in [-0.39, 0.29) is 19.2 Å². The summed E-state index contributed by atoms with van der Waals surface area (Å²) in [7, 11) is -1.55. The zero-order chi connectivity index (χ0) is 18.0. The van der Waals surface area contributed by atoms with Gasteiger partial charge in [0, 0.05) is 26.7 Å². The molecule has 2 amide bonds. The highest BCUT2D eigenvalue weighted by Crippen LogP contribution is 2.19. The third-order valence-corrected chi connectivity index (χ3v) is 5.09. The lowest BCUT2D eigenvalue weighted by atomic mass is 10.2. The number of carbonyl (C=O) groups excluding carboxylic acids is 1. The number of amides is 2. The number of urea groups is 1. The van der Waals surface area contributed by atoms with Crippen LogP contribution in [0.5, 0.6) is 0 Å². The highest BCUT2D eigenvalue weighted by atomic mass is 32.2. The quantitative estimate of drug-likeness (QED) is 0.768. The predicted octanol–water partition coefficient (Wildman–Crippen LogP) is -0.250. The van der Waals surface area contributed by atoms with E-state index in [2.05, 4.69) is 20.8 Å². The van der Waals surface area contributed by atoms with E-state index in [0.29, 0.717) is 29.9 Å². The van der Waals surface area contributed by atoms with Crippen molar-refractivity contribution in [3.8, 4) is 0 Å². The van der Waals surface area contributed by atoms with E-state index in [9.17, 15) is 13.2 Å². The summed E-state index contributed by atoms with van der Waals surface area (Å²) < 4.78 is 30.0. The van der Waals surface area contributed by atoms with Crippen molar-refractivity contribution in [2.45, 2.75) is 6.10 Å². The standard InChI is InChI=1S/C14H20N6O4S/c1-19-17-12-5-3-4-11(13(12)18-19)16-14(21)15-8-10-9-20(6-7-24-10)25(2,22)23/h3-5,10H,6-9H2,1-2H3,(H2,15,16,21)/t10-/m0/s1. The molecule has 0 spiro atoms. The van der Waals surface area contributed by atoms with E-state index in [0.717, 1.165) is 6.26 Å². The lowest BCUT2D eigenvalue weighted by molar-refractivity contribution is 0.00167. The second-order valence-corrected chi connectivity index (χ2v) is 7.79. The van der Waals surface area contributed by atoms with E-state index in [4.69, 9.17) is 4.74 Å². The summed E-state index contributed by atoms with van der Waals surface area (Å²) in [6.45, 7) is 1.06. The Labute approximate surface area is 145 Å². The van der Waals surface area contributed by atoms with E-state index in [1.54, 1.807) is 25.2 Å². The van der Waals surface area contributed by atoms with Crippen molar-refractivity contribution in [1.29, 1.82) is 0 Å². The van der Waals surface area contributed by atoms with Crippen LogP contribution in [-0.2, 0) is 21.8 Å². The van der Waals surface area contributed by atoms with Crippen LogP contribution in [0.4, 0.5) is 10.5 Å². The van der Waals surface area contributed by atoms with Crippen LogP contribution in [0.1, 0.15) is 0 Å². The summed E-state index contributed by atoms with van der Waals surface area (Å²) in [6.07, 6.45) is 0.776. The van der Waals surface area contributed by atoms with Gasteiger partial charge in [0.15, 0.2) is 0 Å². The first-order valence-corrected chi connectivity index (χ1v) is 9.59. The fourth-order valence-corrected chi connectivity index (χ4v) is 3.47. The lowest BCUT2D eigenvalue weighted by Crippen LogP contribution is -2.49. The molecule has 0 radical (unpaired) electrons. The van der Waals surface area contributed by atoms with Gasteiger partial charge in [0.05, 0.1) is 24.7 Å². The Hall–Kier alpha value is -2.24. The number of aryl methyl sites for hydroxylation is 1. The van der Waals surface area contributed by atoms with Gasteiger partial charge in [0.25, 0.3) is 0 Å². The van der Waals surface area contributed by atoms with Crippen LogP contribution in [0, 0.1) is 0 Å². The molecule has 11 heteroatoms. The Kier molecular flexibility index (Phi) is 4.88. The van der Waals surface area contributed by atoms with Crippen LogP contribution in [0.2, 0.25) is 0 Å². The predicted molar refractivity (Wildman–Crippen MR) is 91.7 cm³/mol. The van der Waals surface area contributed by atoms with E-state index in [1.807, 2.05) is 0 Å². The molecule has 10 nitrogen and oxygen atoms in total. The molecule has 1 fully saturated rings. The molecular weight excluding hydrogens is 348 g/mol. The minimum Gasteiger partial charge on any atom is -0.374 e. The monoisotopic (exact) mass is 368 g/mol. The van der Waals surface area contributed by atoms with Gasteiger partial charge in [-0.3, -0.25) is 0 Å². The molecule has 1 aromatic carbocycles. The normalized spacial score (nSPS) is 19.0. The molecule has 0 saturated carbocycles. The molecule has 2 N–H and O–H groups in total. The average molecular weight is 368 g/mol. The Bertz CT molecular complexity index is 881. The number of anilines is 1. The summed E-state index contributed by atoms with van der Waals surface area (Å²) in [5.41, 5.74) is 1.82. The average Bonchev–Trinajstić information content (AvgIpc) is 2.94. The van der Waals surface area contributed by atoms with Gasteiger partial charge in [-0.25, -0.2) is 13.2 Å². The SMILES string of the molecule is Cn1nc2cccc(NC(=O)NC[C@H]3CN(S(C)(=O)=O)CCO3)c2n1. The molecule has 2 aromatic rings. The maximum Gasteiger partial charge on any atom is 0.319 e. The first kappa shape index (κ1) is 17.6. The highest BCUT2D eigenvalue weighted by molar-refractivity contribution is 7.88. The van der Waals surface area contributed by atoms with Crippen molar-refractivity contribution in [1.82, 2.24) is 24.6 Å². The number of nitrogens with one attached hydrogen (secondary N) is 2. The van der Waals surface area contributed by atoms with Gasteiger partial charge < -0.3 is 15.4 Å². The second kappa shape index (κ2) is 6.94. The minimum absolute atomic E-state index is 0.203. The number of hydrogen-bond donors (Lipinski definition) is 2. The van der Waals surface area contributed by atoms with Crippen LogP contribution >= 0.6 is 0 Å². The number of nitrogens with zero attached hydrogens (tertiary/aromatic N) is 4. The van der Waals surface area contributed by atoms with E-state index >= 15 is 0 Å². The maximum atomic E-state index is 12.1. The summed E-state index contributed by atoms with van der Waals surface area (Å²) in [6, 6.07) is 4.90. The Morgan fingerprint density at radius 3 is 2.96 bits per heavy atom. The van der Waals surface area contributed by atoms with Crippen molar-refractivity contribution >= 4 is 32.8 Å². The Balaban J connectivity index is 1.57. The molecule has 1 aliphatic heterocycles. The number of rotatable bonds is 4. The zero-order valence-corrected chi connectivity index (χ0v) is 14.8. The van der Waals surface area contributed by atoms with Crippen LogP contribution in [-0.4, -0.2) is 72.3 Å². The topological polar surface area (TPSA) is 118 Å². The number of benzene rings is 1. The fourth-order valence-electron chi connectivity index (χ4n) is 2.63. The van der Waals surface area contributed by atoms with E-state index in [1.165, 1.54) is 9.10 Å². The number of morpholine rings is 1. The van der Waals surface area contributed by atoms with Crippen molar-refractivity contribution in [3.63, 3.8) is 0 Å². The first-order valence-electron chi connectivity index (χ1n) is 7.74. The number of carbonyl (C=O) groups is 1. The van der Waals surface area contributed by atoms with Crippen LogP contribution < -0.4 is 10.6 Å². The minimum atomic E-state index is -3.26. The molecule has 25 heavy (non-hydrogen) atoms. The van der Waals surface area contributed by atoms with Gasteiger partial charge in [-0.15, -0.1) is 0 Å². The largest absolute Gasteiger partial charge is 0.374 e. The lowest BCUT2D eigenvalue weighted by Gasteiger charge is -2.31. The molecular formula is C14H20N6O4S. The third-order valence-electron chi connectivity index (χ3n) is 3.82. The molecule has 1 aliphatic rings. The molecule has 0 bridgehead atoms. The summed E-state index contributed by atoms with van der Waals surface area (Å²) >= 11 is 0. The molecule has 0 unspecified atom stereocenters. The van der Waals surface area contributed by atoms with Crippen LogP contribution in [0.25, 0.3) is 11.0 Å². The number of hydrogen-bond acceptors (Lipinski definition) is 6. The second-order valence-electron chi connectivity index (χ2n) is 5.81. The van der Waals surface area contributed by atoms with Crippen LogP contribution in [0.15, 0.2) is 18.2 Å². The van der Waals surface area contributed by atoms with Gasteiger partial charge in [-0.05, 0) is 12.1 Å². The third kappa shape index (κ3) is 4.24. The fraction of sp³-hybridized carbons (Fsp3) is 0.500. The summed E-state index contributed by atoms with van der Waals surface area (Å²) in [5.74, 6) is 0. The summed E-state index contributed by atoms with van der Waals surface area (Å²) in [4.78, 5) is 13.6. The zero-order valence-electron chi connectivity index (χ0n) is 14.0. The van der Waals surface area contributed by atoms with Crippen molar-refractivity contribution in [3.05, 3.63) is 18.2 Å². The highest BCUT2D eigenvalue weighted by Gasteiger charge is 2.26. The van der Waals surface area contributed by atoms with Gasteiger partial charge in [0.2, 0.25) is 10.0 Å². The van der Waals surface area contributed by atoms with Crippen molar-refractivity contribution < 1.29 is 17.9 Å². The number of aromatic nitrogens is 3. The Morgan fingerprint density at radius 1 is 1.40 bits per heavy atom. The van der Waals surface area contributed by atoms with E-state index < -0.39 is 16.1 Å². The summed E-state index contributed by atoms with van der Waals surface area (Å²) in [5, 5.41) is 13.8. The van der Waals surface area contributed by atoms with Gasteiger partial charge >= 0.3 is 6.03 Å². The molecule has 3 rings (SSSR count). The maximum absolute atomic E-state index is 12.1. The van der Waals surface area contributed by atoms with Crippen LogP contribution in [0.3, 0.4) is 0 Å². The first-order chi connectivity index (χ1) is 11.8. The molecule has 1 saturated heterocycles. The molecule has 0 aliphatic carbocycles.